The highest BCUT2D eigenvalue weighted by Crippen LogP contribution is 2.46. The number of nitrogens with zero attached hydrogens (tertiary/aromatic N) is 2. The van der Waals surface area contributed by atoms with Crippen LogP contribution in [-0.2, 0) is 0 Å². The van der Waals surface area contributed by atoms with Gasteiger partial charge in [0, 0.05) is 48.8 Å². The Morgan fingerprint density at radius 1 is 0.434 bits per heavy atom. The average molecular weight is 675 g/mol. The molecule has 13 rings (SSSR count). The highest BCUT2D eigenvalue weighted by atomic mass is 16.5. The number of hydrogen-bond acceptors (Lipinski definition) is 2. The van der Waals surface area contributed by atoms with Gasteiger partial charge < -0.3 is 18.4 Å². The molecule has 5 heterocycles. The molecule has 3 aromatic heterocycles. The standard InChI is InChI=1S/C48H27BN2O2/c1-6-18-39-30(12-1)31-13-2-7-19-40(31)50(39)43-22-11-17-38-48(43)52-45-27-29(24-35-34-16-5-10-23-44(34)53-49(38)46(35)45)28-25-36-32-14-3-8-20-41(32)51-42-21-9-4-15-33(42)37(26-28)47(36)51/h1-27H. The van der Waals surface area contributed by atoms with E-state index in [-0.39, 0.29) is 6.92 Å². The summed E-state index contributed by atoms with van der Waals surface area (Å²) in [5.74, 6) is 2.54. The Labute approximate surface area is 304 Å². The molecule has 5 heteroatoms. The second kappa shape index (κ2) is 9.87. The highest BCUT2D eigenvalue weighted by Gasteiger charge is 2.42. The Morgan fingerprint density at radius 3 is 1.68 bits per heavy atom. The third-order valence-corrected chi connectivity index (χ3v) is 11.7. The van der Waals surface area contributed by atoms with Crippen molar-refractivity contribution < 1.29 is 9.39 Å². The fourth-order valence-electron chi connectivity index (χ4n) is 9.51. The molecule has 11 aromatic rings. The SMILES string of the molecule is c1ccc2c(c1)OB1c3cccc(-n4c5ccccc5c5ccccc54)c3Oc3cc(-c4cc5c6ccccc6n6c7ccccc7c(c4)c56)cc-2c31. The summed E-state index contributed by atoms with van der Waals surface area (Å²) in [6, 6.07) is 59.0. The Bertz CT molecular complexity index is 3240. The molecule has 0 bridgehead atoms. The van der Waals surface area contributed by atoms with Crippen molar-refractivity contribution in [2.24, 2.45) is 0 Å². The fourth-order valence-corrected chi connectivity index (χ4v) is 9.51. The molecule has 0 unspecified atom stereocenters. The second-order valence-corrected chi connectivity index (χ2v) is 14.4. The first-order chi connectivity index (χ1) is 26.3. The molecular weight excluding hydrogens is 647 g/mol. The van der Waals surface area contributed by atoms with Crippen LogP contribution < -0.4 is 20.3 Å². The van der Waals surface area contributed by atoms with E-state index in [2.05, 4.69) is 173 Å². The Balaban J connectivity index is 1.09. The van der Waals surface area contributed by atoms with Gasteiger partial charge in [-0.15, -0.1) is 0 Å². The van der Waals surface area contributed by atoms with E-state index in [1.807, 2.05) is 0 Å². The Morgan fingerprint density at radius 2 is 1.00 bits per heavy atom. The van der Waals surface area contributed by atoms with Gasteiger partial charge in [-0.1, -0.05) is 103 Å². The normalized spacial score (nSPS) is 13.2. The molecule has 0 fully saturated rings. The molecule has 53 heavy (non-hydrogen) atoms. The van der Waals surface area contributed by atoms with Gasteiger partial charge in [0.25, 0.3) is 0 Å². The maximum absolute atomic E-state index is 7.22. The van der Waals surface area contributed by atoms with Gasteiger partial charge in [0.05, 0.1) is 33.3 Å². The predicted octanol–water partition coefficient (Wildman–Crippen LogP) is 10.9. The van der Waals surface area contributed by atoms with Crippen LogP contribution in [0.25, 0.3) is 87.8 Å². The van der Waals surface area contributed by atoms with Crippen LogP contribution in [0.5, 0.6) is 17.2 Å². The van der Waals surface area contributed by atoms with E-state index in [1.165, 1.54) is 48.9 Å². The van der Waals surface area contributed by atoms with Crippen LogP contribution in [0.1, 0.15) is 0 Å². The predicted molar refractivity (Wildman–Crippen MR) is 218 cm³/mol. The minimum atomic E-state index is -0.314. The van der Waals surface area contributed by atoms with Gasteiger partial charge in [-0.05, 0) is 77.4 Å². The molecule has 0 saturated carbocycles. The van der Waals surface area contributed by atoms with Crippen molar-refractivity contribution in [3.63, 3.8) is 0 Å². The van der Waals surface area contributed by atoms with Gasteiger partial charge >= 0.3 is 6.92 Å². The number of ether oxygens (including phenoxy) is 1. The van der Waals surface area contributed by atoms with Crippen LogP contribution in [0, 0.1) is 0 Å². The van der Waals surface area contributed by atoms with Crippen LogP contribution in [0.15, 0.2) is 164 Å². The summed E-state index contributed by atoms with van der Waals surface area (Å²) in [4.78, 5) is 0. The average Bonchev–Trinajstić information content (AvgIpc) is 3.85. The van der Waals surface area contributed by atoms with Crippen molar-refractivity contribution >= 4 is 77.7 Å². The Kier molecular flexibility index (Phi) is 5.16. The molecule has 4 nitrogen and oxygen atoms in total. The summed E-state index contributed by atoms with van der Waals surface area (Å²) in [7, 11) is 0. The molecule has 0 atom stereocenters. The number of para-hydroxylation sites is 6. The fraction of sp³-hybridized carbons (Fsp3) is 0. The lowest BCUT2D eigenvalue weighted by molar-refractivity contribution is 0.478. The number of rotatable bonds is 2. The van der Waals surface area contributed by atoms with Crippen LogP contribution in [0.2, 0.25) is 0 Å². The van der Waals surface area contributed by atoms with E-state index in [1.54, 1.807) is 0 Å². The van der Waals surface area contributed by atoms with Crippen molar-refractivity contribution in [1.29, 1.82) is 0 Å². The number of fused-ring (bicyclic) bond motifs is 13. The molecule has 0 spiro atoms. The number of benzene rings is 8. The van der Waals surface area contributed by atoms with Crippen LogP contribution in [0.4, 0.5) is 0 Å². The molecule has 2 aliphatic heterocycles. The van der Waals surface area contributed by atoms with Crippen LogP contribution in [-0.4, -0.2) is 15.9 Å². The molecular formula is C48H27BN2O2. The lowest BCUT2D eigenvalue weighted by Crippen LogP contribution is -2.53. The molecule has 0 saturated heterocycles. The summed E-state index contributed by atoms with van der Waals surface area (Å²) >= 11 is 0. The van der Waals surface area contributed by atoms with Gasteiger partial charge in [-0.2, -0.15) is 0 Å². The molecule has 0 N–H and O–H groups in total. The quantitative estimate of drug-likeness (QED) is 0.171. The van der Waals surface area contributed by atoms with E-state index in [0.29, 0.717) is 0 Å². The maximum atomic E-state index is 7.22. The molecule has 244 valence electrons. The van der Waals surface area contributed by atoms with E-state index in [0.717, 1.165) is 67.1 Å². The van der Waals surface area contributed by atoms with Gasteiger partial charge in [0.15, 0.2) is 0 Å². The first-order valence-corrected chi connectivity index (χ1v) is 18.2. The first kappa shape index (κ1) is 27.7. The lowest BCUT2D eigenvalue weighted by atomic mass is 9.50. The number of aromatic nitrogens is 2. The largest absolute Gasteiger partial charge is 0.551 e. The summed E-state index contributed by atoms with van der Waals surface area (Å²) in [5, 5.41) is 7.49. The zero-order valence-corrected chi connectivity index (χ0v) is 28.4. The topological polar surface area (TPSA) is 27.8 Å². The van der Waals surface area contributed by atoms with E-state index < -0.39 is 0 Å². The van der Waals surface area contributed by atoms with Crippen LogP contribution >= 0.6 is 0 Å². The van der Waals surface area contributed by atoms with Crippen LogP contribution in [0.3, 0.4) is 0 Å². The second-order valence-electron chi connectivity index (χ2n) is 14.4. The zero-order valence-electron chi connectivity index (χ0n) is 28.4. The van der Waals surface area contributed by atoms with E-state index in [4.69, 9.17) is 9.39 Å². The molecule has 2 aliphatic rings. The molecule has 0 amide bonds. The first-order valence-electron chi connectivity index (χ1n) is 18.2. The third kappa shape index (κ3) is 3.51. The van der Waals surface area contributed by atoms with Crippen molar-refractivity contribution in [3.05, 3.63) is 164 Å². The lowest BCUT2D eigenvalue weighted by Gasteiger charge is -2.34. The van der Waals surface area contributed by atoms with E-state index >= 15 is 0 Å². The van der Waals surface area contributed by atoms with Gasteiger partial charge in [-0.3, -0.25) is 0 Å². The molecule has 0 aliphatic carbocycles. The minimum Gasteiger partial charge on any atom is -0.551 e. The van der Waals surface area contributed by atoms with Gasteiger partial charge in [0.2, 0.25) is 0 Å². The van der Waals surface area contributed by atoms with Crippen molar-refractivity contribution in [1.82, 2.24) is 8.97 Å². The maximum Gasteiger partial charge on any atom is 0.434 e. The van der Waals surface area contributed by atoms with Crippen molar-refractivity contribution in [3.8, 4) is 45.2 Å². The minimum absolute atomic E-state index is 0.314. The monoisotopic (exact) mass is 674 g/mol. The van der Waals surface area contributed by atoms with Crippen molar-refractivity contribution in [2.75, 3.05) is 0 Å². The summed E-state index contributed by atoms with van der Waals surface area (Å²) < 4.78 is 18.9. The summed E-state index contributed by atoms with van der Waals surface area (Å²) in [5.41, 5.74) is 13.6. The zero-order chi connectivity index (χ0) is 34.4. The van der Waals surface area contributed by atoms with Gasteiger partial charge in [0.1, 0.15) is 17.2 Å². The van der Waals surface area contributed by atoms with Gasteiger partial charge in [-0.25, -0.2) is 0 Å². The molecule has 8 aromatic carbocycles. The Hall–Kier alpha value is -6.98. The smallest absolute Gasteiger partial charge is 0.434 e. The number of hydrogen-bond donors (Lipinski definition) is 0. The summed E-state index contributed by atoms with van der Waals surface area (Å²) in [6.07, 6.45) is 0. The van der Waals surface area contributed by atoms with E-state index in [9.17, 15) is 0 Å². The third-order valence-electron chi connectivity index (χ3n) is 11.7. The highest BCUT2D eigenvalue weighted by molar-refractivity contribution is 6.84. The van der Waals surface area contributed by atoms with Crippen molar-refractivity contribution in [2.45, 2.75) is 0 Å². The summed E-state index contributed by atoms with van der Waals surface area (Å²) in [6.45, 7) is -0.314. The molecule has 0 radical (unpaired) electrons.